The molecule has 0 saturated heterocycles. The standard InChI is InChI=1S/C16H24F2N2O3/c1-16(2,3)23-15(21)20-8-6-11-4-5-14(22-10-13(17)18)19-12(11)7-9-20/h13H,4-10H2,1-3H3. The Morgan fingerprint density at radius 2 is 1.91 bits per heavy atom. The van der Waals surface area contributed by atoms with Gasteiger partial charge in [-0.2, -0.15) is 0 Å². The first-order chi connectivity index (χ1) is 10.7. The maximum Gasteiger partial charge on any atom is 0.410 e. The minimum Gasteiger partial charge on any atom is -0.475 e. The average Bonchev–Trinajstić information content (AvgIpc) is 2.65. The lowest BCUT2D eigenvalue weighted by Crippen LogP contribution is -2.37. The van der Waals surface area contributed by atoms with Gasteiger partial charge in [-0.15, -0.1) is 0 Å². The third kappa shape index (κ3) is 5.48. The zero-order valence-corrected chi connectivity index (χ0v) is 13.9. The SMILES string of the molecule is CC(C)(C)OC(=O)N1CCC2=C(CC1)N=C(OCC(F)F)CC2. The van der Waals surface area contributed by atoms with E-state index in [4.69, 9.17) is 9.47 Å². The van der Waals surface area contributed by atoms with E-state index in [0.717, 1.165) is 18.5 Å². The Labute approximate surface area is 135 Å². The lowest BCUT2D eigenvalue weighted by molar-refractivity contribution is 0.0258. The normalized spacial score (nSPS) is 19.2. The van der Waals surface area contributed by atoms with Gasteiger partial charge >= 0.3 is 6.09 Å². The van der Waals surface area contributed by atoms with Crippen LogP contribution in [-0.2, 0) is 9.47 Å². The first-order valence-electron chi connectivity index (χ1n) is 7.92. The minimum absolute atomic E-state index is 0.324. The molecule has 2 aliphatic rings. The zero-order valence-electron chi connectivity index (χ0n) is 13.9. The highest BCUT2D eigenvalue weighted by molar-refractivity contribution is 5.79. The second-order valence-corrected chi connectivity index (χ2v) is 6.73. The fourth-order valence-corrected chi connectivity index (χ4v) is 2.58. The number of amides is 1. The van der Waals surface area contributed by atoms with Crippen LogP contribution in [-0.4, -0.2) is 48.6 Å². The first-order valence-corrected chi connectivity index (χ1v) is 7.92. The Morgan fingerprint density at radius 1 is 1.22 bits per heavy atom. The van der Waals surface area contributed by atoms with E-state index < -0.39 is 18.6 Å². The highest BCUT2D eigenvalue weighted by atomic mass is 19.3. The van der Waals surface area contributed by atoms with Crippen molar-refractivity contribution in [2.24, 2.45) is 4.99 Å². The summed E-state index contributed by atoms with van der Waals surface area (Å²) in [4.78, 5) is 18.2. The van der Waals surface area contributed by atoms with Crippen LogP contribution in [0.3, 0.4) is 0 Å². The van der Waals surface area contributed by atoms with E-state index in [-0.39, 0.29) is 6.09 Å². The molecule has 0 aliphatic carbocycles. The predicted octanol–water partition coefficient (Wildman–Crippen LogP) is 3.75. The Kier molecular flexibility index (Phi) is 5.59. The molecule has 0 bridgehead atoms. The molecule has 2 aliphatic heterocycles. The second kappa shape index (κ2) is 7.27. The Hall–Kier alpha value is -1.66. The number of aliphatic imine (C=N–C) groups is 1. The number of alkyl halides is 2. The highest BCUT2D eigenvalue weighted by Gasteiger charge is 2.26. The van der Waals surface area contributed by atoms with E-state index >= 15 is 0 Å². The summed E-state index contributed by atoms with van der Waals surface area (Å²) >= 11 is 0. The van der Waals surface area contributed by atoms with Gasteiger partial charge in [0.1, 0.15) is 5.60 Å². The van der Waals surface area contributed by atoms with Crippen molar-refractivity contribution in [2.75, 3.05) is 19.7 Å². The van der Waals surface area contributed by atoms with Gasteiger partial charge in [0.2, 0.25) is 0 Å². The predicted molar refractivity (Wildman–Crippen MR) is 82.7 cm³/mol. The molecule has 0 aromatic rings. The van der Waals surface area contributed by atoms with E-state index in [0.29, 0.717) is 31.8 Å². The van der Waals surface area contributed by atoms with E-state index in [1.807, 2.05) is 20.8 Å². The number of carbonyl (C=O) groups is 1. The topological polar surface area (TPSA) is 51.1 Å². The second-order valence-electron chi connectivity index (χ2n) is 6.73. The molecule has 0 aromatic carbocycles. The molecule has 0 atom stereocenters. The fourth-order valence-electron chi connectivity index (χ4n) is 2.58. The molecule has 2 rings (SSSR count). The van der Waals surface area contributed by atoms with Crippen molar-refractivity contribution in [2.45, 2.75) is 58.5 Å². The van der Waals surface area contributed by atoms with Gasteiger partial charge in [-0.3, -0.25) is 0 Å². The van der Waals surface area contributed by atoms with Crippen LogP contribution >= 0.6 is 0 Å². The van der Waals surface area contributed by atoms with Crippen molar-refractivity contribution in [3.63, 3.8) is 0 Å². The van der Waals surface area contributed by atoms with E-state index in [9.17, 15) is 13.6 Å². The summed E-state index contributed by atoms with van der Waals surface area (Å²) in [5.41, 5.74) is 1.53. The molecule has 5 nitrogen and oxygen atoms in total. The monoisotopic (exact) mass is 330 g/mol. The molecule has 7 heteroatoms. The summed E-state index contributed by atoms with van der Waals surface area (Å²) in [6.45, 7) is 6.00. The van der Waals surface area contributed by atoms with Crippen molar-refractivity contribution in [1.29, 1.82) is 0 Å². The zero-order chi connectivity index (χ0) is 17.0. The number of nitrogens with zero attached hydrogens (tertiary/aromatic N) is 2. The summed E-state index contributed by atoms with van der Waals surface area (Å²) in [6.07, 6.45) is -0.200. The third-order valence-electron chi connectivity index (χ3n) is 3.64. The molecule has 0 saturated carbocycles. The van der Waals surface area contributed by atoms with Crippen molar-refractivity contribution in [1.82, 2.24) is 4.90 Å². The van der Waals surface area contributed by atoms with Crippen LogP contribution in [0.15, 0.2) is 16.3 Å². The van der Waals surface area contributed by atoms with Crippen molar-refractivity contribution < 1.29 is 23.0 Å². The van der Waals surface area contributed by atoms with Gasteiger partial charge in [-0.05, 0) is 39.2 Å². The van der Waals surface area contributed by atoms with Gasteiger partial charge in [0.25, 0.3) is 6.43 Å². The molecule has 130 valence electrons. The van der Waals surface area contributed by atoms with Crippen LogP contribution in [0.2, 0.25) is 0 Å². The number of ether oxygens (including phenoxy) is 2. The quantitative estimate of drug-likeness (QED) is 0.775. The maximum absolute atomic E-state index is 12.2. The number of rotatable bonds is 2. The molecule has 0 aromatic heterocycles. The van der Waals surface area contributed by atoms with E-state index in [1.54, 1.807) is 4.90 Å². The minimum atomic E-state index is -2.50. The molecule has 2 heterocycles. The number of hydrogen-bond acceptors (Lipinski definition) is 4. The molecule has 0 N–H and O–H groups in total. The van der Waals surface area contributed by atoms with Gasteiger partial charge in [0.15, 0.2) is 12.5 Å². The van der Waals surface area contributed by atoms with Gasteiger partial charge in [0, 0.05) is 31.6 Å². The Balaban J connectivity index is 1.95. The van der Waals surface area contributed by atoms with Gasteiger partial charge < -0.3 is 14.4 Å². The number of hydrogen-bond donors (Lipinski definition) is 0. The van der Waals surface area contributed by atoms with Gasteiger partial charge in [0.05, 0.1) is 0 Å². The van der Waals surface area contributed by atoms with E-state index in [1.165, 1.54) is 5.57 Å². The van der Waals surface area contributed by atoms with Crippen molar-refractivity contribution >= 4 is 12.0 Å². The maximum atomic E-state index is 12.2. The van der Waals surface area contributed by atoms with Crippen LogP contribution in [0.4, 0.5) is 13.6 Å². The third-order valence-corrected chi connectivity index (χ3v) is 3.64. The number of halogens is 2. The summed E-state index contributed by atoms with van der Waals surface area (Å²) in [6, 6.07) is 0. The van der Waals surface area contributed by atoms with E-state index in [2.05, 4.69) is 4.99 Å². The molecule has 23 heavy (non-hydrogen) atoms. The van der Waals surface area contributed by atoms with Crippen molar-refractivity contribution in [3.8, 4) is 0 Å². The van der Waals surface area contributed by atoms with Gasteiger partial charge in [-0.1, -0.05) is 0 Å². The molecule has 0 unspecified atom stereocenters. The van der Waals surface area contributed by atoms with Crippen LogP contribution in [0.25, 0.3) is 0 Å². The molecular formula is C16H24F2N2O3. The van der Waals surface area contributed by atoms with Crippen LogP contribution in [0, 0.1) is 0 Å². The molecule has 0 radical (unpaired) electrons. The summed E-state index contributed by atoms with van der Waals surface area (Å²) in [5.74, 6) is 0.370. The molecule has 0 spiro atoms. The largest absolute Gasteiger partial charge is 0.475 e. The Morgan fingerprint density at radius 3 is 2.57 bits per heavy atom. The molecule has 0 fully saturated rings. The number of carbonyl (C=O) groups excluding carboxylic acids is 1. The highest BCUT2D eigenvalue weighted by Crippen LogP contribution is 2.28. The lowest BCUT2D eigenvalue weighted by Gasteiger charge is -2.26. The molecule has 1 amide bonds. The van der Waals surface area contributed by atoms with Crippen molar-refractivity contribution in [3.05, 3.63) is 11.3 Å². The summed E-state index contributed by atoms with van der Waals surface area (Å²) in [5, 5.41) is 0. The average molecular weight is 330 g/mol. The van der Waals surface area contributed by atoms with Crippen LogP contribution < -0.4 is 0 Å². The Bertz CT molecular complexity index is 510. The molecular weight excluding hydrogens is 306 g/mol. The van der Waals surface area contributed by atoms with Crippen LogP contribution in [0.5, 0.6) is 0 Å². The summed E-state index contributed by atoms with van der Waals surface area (Å²) in [7, 11) is 0. The van der Waals surface area contributed by atoms with Gasteiger partial charge in [-0.25, -0.2) is 18.6 Å². The van der Waals surface area contributed by atoms with Crippen LogP contribution in [0.1, 0.15) is 46.5 Å². The lowest BCUT2D eigenvalue weighted by atomic mass is 10.0. The first kappa shape index (κ1) is 17.7. The summed E-state index contributed by atoms with van der Waals surface area (Å²) < 4.78 is 34.9. The smallest absolute Gasteiger partial charge is 0.410 e. The fraction of sp³-hybridized carbons (Fsp3) is 0.750.